The van der Waals surface area contributed by atoms with Gasteiger partial charge in [0.25, 0.3) is 0 Å². The fourth-order valence-corrected chi connectivity index (χ4v) is 1.61. The summed E-state index contributed by atoms with van der Waals surface area (Å²) >= 11 is 0. The summed E-state index contributed by atoms with van der Waals surface area (Å²) in [5.74, 6) is -0.0915. The lowest BCUT2D eigenvalue weighted by atomic mass is 10.3. The largest absolute Gasteiger partial charge is 0.477 e. The van der Waals surface area contributed by atoms with Crippen molar-refractivity contribution in [3.63, 3.8) is 0 Å². The van der Waals surface area contributed by atoms with Crippen molar-refractivity contribution < 1.29 is 28.7 Å². The summed E-state index contributed by atoms with van der Waals surface area (Å²) in [5, 5.41) is 0. The summed E-state index contributed by atoms with van der Waals surface area (Å²) < 4.78 is 10.8. The maximum atomic E-state index is 11.2. The van der Waals surface area contributed by atoms with Gasteiger partial charge in [-0.1, -0.05) is 0 Å². The smallest absolute Gasteiger partial charge is 0.319 e. The molecule has 0 unspecified atom stereocenters. The average molecular weight is 342 g/mol. The molecule has 24 heavy (non-hydrogen) atoms. The summed E-state index contributed by atoms with van der Waals surface area (Å²) in [7, 11) is 2.75. The first-order chi connectivity index (χ1) is 11.7. The van der Waals surface area contributed by atoms with E-state index in [1.54, 1.807) is 6.07 Å². The van der Waals surface area contributed by atoms with Gasteiger partial charge in [0.05, 0.1) is 27.4 Å². The first kappa shape index (κ1) is 19.6. The van der Waals surface area contributed by atoms with E-state index in [1.807, 2.05) is 0 Å². The van der Waals surface area contributed by atoms with E-state index in [9.17, 15) is 9.59 Å². The molecule has 0 aliphatic heterocycles. The molecule has 1 heterocycles. The summed E-state index contributed by atoms with van der Waals surface area (Å²) in [5.41, 5.74) is 4.44. The fraction of sp³-hybridized carbons (Fsp3) is 0.571. The number of aromatic nitrogens is 2. The standard InChI is InChI=1S/C14H22N4O6/c1-21-17-11(19)5-3-9-23-13-7-8-15-14(16-13)24-10-4-6-12(20)18-22-2/h7-8H,3-6,9-10H2,1-2H3,(H,17,19)(H,18,20). The molecule has 0 radical (unpaired) electrons. The van der Waals surface area contributed by atoms with Gasteiger partial charge in [-0.25, -0.2) is 15.9 Å². The predicted octanol–water partition coefficient (Wildman–Crippen LogP) is 0.150. The Labute approximate surface area is 139 Å². The minimum Gasteiger partial charge on any atom is -0.477 e. The molecule has 0 saturated carbocycles. The van der Waals surface area contributed by atoms with E-state index in [0.717, 1.165) is 0 Å². The van der Waals surface area contributed by atoms with Crippen LogP contribution in [0.15, 0.2) is 12.3 Å². The maximum Gasteiger partial charge on any atom is 0.319 e. The van der Waals surface area contributed by atoms with Crippen LogP contribution < -0.4 is 20.4 Å². The molecule has 10 nitrogen and oxygen atoms in total. The quantitative estimate of drug-likeness (QED) is 0.407. The van der Waals surface area contributed by atoms with Crippen molar-refractivity contribution in [3.05, 3.63) is 12.3 Å². The molecule has 0 aliphatic carbocycles. The lowest BCUT2D eigenvalue weighted by Gasteiger charge is -2.07. The fourth-order valence-electron chi connectivity index (χ4n) is 1.61. The molecule has 0 spiro atoms. The molecule has 0 aliphatic rings. The van der Waals surface area contributed by atoms with Crippen molar-refractivity contribution in [1.29, 1.82) is 0 Å². The van der Waals surface area contributed by atoms with Crippen molar-refractivity contribution in [2.75, 3.05) is 27.4 Å². The highest BCUT2D eigenvalue weighted by Crippen LogP contribution is 2.11. The Balaban J connectivity index is 2.23. The monoisotopic (exact) mass is 342 g/mol. The molecule has 0 aromatic carbocycles. The highest BCUT2D eigenvalue weighted by atomic mass is 16.6. The average Bonchev–Trinajstić information content (AvgIpc) is 2.57. The van der Waals surface area contributed by atoms with Gasteiger partial charge in [0.1, 0.15) is 0 Å². The zero-order valence-corrected chi connectivity index (χ0v) is 13.7. The summed E-state index contributed by atoms with van der Waals surface area (Å²) in [6, 6.07) is 1.76. The topological polar surface area (TPSA) is 121 Å². The summed E-state index contributed by atoms with van der Waals surface area (Å²) in [6.07, 6.45) is 3.08. The number of amides is 2. The van der Waals surface area contributed by atoms with E-state index < -0.39 is 0 Å². The van der Waals surface area contributed by atoms with Gasteiger partial charge < -0.3 is 9.47 Å². The van der Waals surface area contributed by atoms with Crippen LogP contribution in [0.3, 0.4) is 0 Å². The van der Waals surface area contributed by atoms with Crippen molar-refractivity contribution in [1.82, 2.24) is 20.9 Å². The van der Waals surface area contributed by atoms with E-state index in [1.165, 1.54) is 20.4 Å². The number of carbonyl (C=O) groups is 2. The number of ether oxygens (including phenoxy) is 2. The van der Waals surface area contributed by atoms with Crippen molar-refractivity contribution in [2.45, 2.75) is 25.7 Å². The van der Waals surface area contributed by atoms with Gasteiger partial charge in [0.2, 0.25) is 17.7 Å². The Morgan fingerprint density at radius 2 is 1.58 bits per heavy atom. The second-order valence-corrected chi connectivity index (χ2v) is 4.54. The highest BCUT2D eigenvalue weighted by Gasteiger charge is 2.05. The number of hydrogen-bond donors (Lipinski definition) is 2. The van der Waals surface area contributed by atoms with E-state index in [4.69, 9.17) is 9.47 Å². The molecule has 1 rings (SSSR count). The minimum absolute atomic E-state index is 0.164. The van der Waals surface area contributed by atoms with Crippen LogP contribution in [0, 0.1) is 0 Å². The van der Waals surface area contributed by atoms with Gasteiger partial charge in [-0.2, -0.15) is 4.98 Å². The first-order valence-corrected chi connectivity index (χ1v) is 7.38. The van der Waals surface area contributed by atoms with Crippen LogP contribution in [-0.4, -0.2) is 49.2 Å². The van der Waals surface area contributed by atoms with E-state index in [-0.39, 0.29) is 37.3 Å². The second-order valence-electron chi connectivity index (χ2n) is 4.54. The predicted molar refractivity (Wildman–Crippen MR) is 81.8 cm³/mol. The van der Waals surface area contributed by atoms with Gasteiger partial charge in [-0.3, -0.25) is 19.3 Å². The molecule has 0 saturated heterocycles. The Morgan fingerprint density at radius 1 is 1.00 bits per heavy atom. The number of carbonyl (C=O) groups excluding carboxylic acids is 2. The summed E-state index contributed by atoms with van der Waals surface area (Å²) in [4.78, 5) is 39.4. The van der Waals surface area contributed by atoms with Crippen LogP contribution in [0.5, 0.6) is 11.9 Å². The molecular formula is C14H22N4O6. The van der Waals surface area contributed by atoms with Gasteiger partial charge in [0.15, 0.2) is 0 Å². The van der Waals surface area contributed by atoms with E-state index >= 15 is 0 Å². The third kappa shape index (κ3) is 8.86. The van der Waals surface area contributed by atoms with Crippen molar-refractivity contribution in [2.24, 2.45) is 0 Å². The highest BCUT2D eigenvalue weighted by molar-refractivity contribution is 5.74. The zero-order chi connectivity index (χ0) is 17.6. The molecule has 1 aromatic rings. The lowest BCUT2D eigenvalue weighted by Crippen LogP contribution is -2.22. The Hall–Kier alpha value is -2.46. The molecular weight excluding hydrogens is 320 g/mol. The number of hydroxylamine groups is 2. The first-order valence-electron chi connectivity index (χ1n) is 7.38. The molecule has 1 aromatic heterocycles. The number of hydrogen-bond acceptors (Lipinski definition) is 8. The lowest BCUT2D eigenvalue weighted by molar-refractivity contribution is -0.132. The molecule has 0 bridgehead atoms. The molecule has 2 amide bonds. The van der Waals surface area contributed by atoms with Crippen LogP contribution in [0.2, 0.25) is 0 Å². The van der Waals surface area contributed by atoms with Crippen molar-refractivity contribution >= 4 is 11.8 Å². The summed E-state index contributed by atoms with van der Waals surface area (Å²) in [6.45, 7) is 0.614. The zero-order valence-electron chi connectivity index (χ0n) is 13.7. The third-order valence-electron chi connectivity index (χ3n) is 2.62. The second kappa shape index (κ2) is 12.0. The van der Waals surface area contributed by atoms with E-state index in [0.29, 0.717) is 25.3 Å². The van der Waals surface area contributed by atoms with Gasteiger partial charge >= 0.3 is 6.01 Å². The normalized spacial score (nSPS) is 10.1. The van der Waals surface area contributed by atoms with E-state index in [2.05, 4.69) is 30.6 Å². The SMILES string of the molecule is CONC(=O)CCCOc1ccnc(OCCCC(=O)NOC)n1. The van der Waals surface area contributed by atoms with Crippen LogP contribution in [0.25, 0.3) is 0 Å². The van der Waals surface area contributed by atoms with Crippen LogP contribution in [0.4, 0.5) is 0 Å². The molecule has 0 fully saturated rings. The molecule has 10 heteroatoms. The van der Waals surface area contributed by atoms with Crippen LogP contribution in [0.1, 0.15) is 25.7 Å². The Morgan fingerprint density at radius 3 is 2.17 bits per heavy atom. The van der Waals surface area contributed by atoms with Gasteiger partial charge in [0, 0.05) is 25.1 Å². The van der Waals surface area contributed by atoms with Gasteiger partial charge in [-0.15, -0.1) is 0 Å². The van der Waals surface area contributed by atoms with Crippen LogP contribution >= 0.6 is 0 Å². The number of rotatable bonds is 12. The maximum absolute atomic E-state index is 11.2. The molecule has 0 atom stereocenters. The minimum atomic E-state index is -0.225. The van der Waals surface area contributed by atoms with Gasteiger partial charge in [-0.05, 0) is 12.8 Å². The Bertz CT molecular complexity index is 473. The van der Waals surface area contributed by atoms with Crippen LogP contribution in [-0.2, 0) is 19.3 Å². The van der Waals surface area contributed by atoms with Crippen molar-refractivity contribution in [3.8, 4) is 11.9 Å². The Kier molecular flexibility index (Phi) is 9.81. The third-order valence-corrected chi connectivity index (χ3v) is 2.62. The number of nitrogens with zero attached hydrogens (tertiary/aromatic N) is 2. The molecule has 2 N–H and O–H groups in total. The number of nitrogens with one attached hydrogen (secondary N) is 2. The molecule has 134 valence electrons.